The van der Waals surface area contributed by atoms with E-state index in [1.807, 2.05) is 0 Å². The Labute approximate surface area is 174 Å². The molecule has 4 heterocycles. The number of anilines is 1. The summed E-state index contributed by atoms with van der Waals surface area (Å²) < 4.78 is 33.7. The molecule has 0 spiro atoms. The highest BCUT2D eigenvalue weighted by molar-refractivity contribution is 7.90. The Morgan fingerprint density at radius 3 is 2.97 bits per heavy atom. The number of nitrogens with one attached hydrogen (secondary N) is 1. The molecule has 0 radical (unpaired) electrons. The Kier molecular flexibility index (Phi) is 4.52. The smallest absolute Gasteiger partial charge is 0.268 e. The molecule has 2 aromatic heterocycles. The van der Waals surface area contributed by atoms with Gasteiger partial charge in [-0.1, -0.05) is 0 Å². The molecule has 9 heteroatoms. The Morgan fingerprint density at radius 1 is 1.30 bits per heavy atom. The number of fused-ring (bicyclic) bond motifs is 2. The van der Waals surface area contributed by atoms with Crippen LogP contribution in [0.25, 0.3) is 11.0 Å². The van der Waals surface area contributed by atoms with Crippen molar-refractivity contribution in [3.05, 3.63) is 48.3 Å². The van der Waals surface area contributed by atoms with Crippen LogP contribution in [0.2, 0.25) is 0 Å². The fourth-order valence-corrected chi connectivity index (χ4v) is 5.66. The summed E-state index contributed by atoms with van der Waals surface area (Å²) in [5, 5.41) is 2.68. The third-order valence-electron chi connectivity index (χ3n) is 5.87. The number of carbonyl (C=O) groups is 1. The molecule has 30 heavy (non-hydrogen) atoms. The van der Waals surface area contributed by atoms with E-state index in [4.69, 9.17) is 4.74 Å². The van der Waals surface area contributed by atoms with Crippen LogP contribution in [0.5, 0.6) is 5.75 Å². The fraction of sp³-hybridized carbons (Fsp3) is 0.333. The summed E-state index contributed by atoms with van der Waals surface area (Å²) in [5.74, 6) is 0.0835. The lowest BCUT2D eigenvalue weighted by Gasteiger charge is -2.19. The summed E-state index contributed by atoms with van der Waals surface area (Å²) in [4.78, 5) is 18.4. The number of hydrogen-bond donors (Lipinski definition) is 1. The zero-order chi connectivity index (χ0) is 20.9. The summed E-state index contributed by atoms with van der Waals surface area (Å²) >= 11 is 0. The SMILES string of the molecule is CN1CCC[C@@H]1Cc1cn(S(=O)(=O)c2ccc3c(c2)OCC(=O)N3)c2cccnc12. The van der Waals surface area contributed by atoms with Crippen LogP contribution in [0.1, 0.15) is 18.4 Å². The second-order valence-electron chi connectivity index (χ2n) is 7.80. The normalized spacial score (nSPS) is 19.5. The number of hydrogen-bond acceptors (Lipinski definition) is 6. The topological polar surface area (TPSA) is 93.5 Å². The van der Waals surface area contributed by atoms with Crippen LogP contribution < -0.4 is 10.1 Å². The molecule has 1 amide bonds. The minimum Gasteiger partial charge on any atom is -0.482 e. The maximum atomic E-state index is 13.5. The minimum atomic E-state index is -3.87. The number of amides is 1. The van der Waals surface area contributed by atoms with Gasteiger partial charge >= 0.3 is 0 Å². The molecule has 156 valence electrons. The van der Waals surface area contributed by atoms with Gasteiger partial charge in [0.25, 0.3) is 15.9 Å². The van der Waals surface area contributed by atoms with E-state index >= 15 is 0 Å². The maximum Gasteiger partial charge on any atom is 0.268 e. The molecule has 0 bridgehead atoms. The molecule has 5 rings (SSSR count). The van der Waals surface area contributed by atoms with Crippen molar-refractivity contribution >= 4 is 32.7 Å². The van der Waals surface area contributed by atoms with Crippen molar-refractivity contribution in [2.24, 2.45) is 0 Å². The summed E-state index contributed by atoms with van der Waals surface area (Å²) in [6.45, 7) is 0.923. The predicted octanol–water partition coefficient (Wildman–Crippen LogP) is 2.24. The summed E-state index contributed by atoms with van der Waals surface area (Å²) in [6.07, 6.45) is 6.39. The van der Waals surface area contributed by atoms with Crippen LogP contribution in [0, 0.1) is 0 Å². The molecular formula is C21H22N4O4S. The van der Waals surface area contributed by atoms with Gasteiger partial charge in [0.2, 0.25) is 0 Å². The Bertz CT molecular complexity index is 1250. The van der Waals surface area contributed by atoms with Crippen molar-refractivity contribution in [1.29, 1.82) is 0 Å². The number of ether oxygens (including phenoxy) is 1. The van der Waals surface area contributed by atoms with Crippen LogP contribution in [0.15, 0.2) is 47.6 Å². The molecular weight excluding hydrogens is 404 g/mol. The summed E-state index contributed by atoms with van der Waals surface area (Å²) in [6, 6.07) is 8.39. The first-order valence-corrected chi connectivity index (χ1v) is 11.3. The van der Waals surface area contributed by atoms with E-state index in [-0.39, 0.29) is 17.4 Å². The van der Waals surface area contributed by atoms with Gasteiger partial charge in [0.1, 0.15) is 5.75 Å². The number of likely N-dealkylation sites (tertiary alicyclic amines) is 1. The van der Waals surface area contributed by atoms with Crippen molar-refractivity contribution in [3.63, 3.8) is 0 Å². The average molecular weight is 426 g/mol. The number of nitrogens with zero attached hydrogens (tertiary/aromatic N) is 3. The Morgan fingerprint density at radius 2 is 2.17 bits per heavy atom. The van der Waals surface area contributed by atoms with Gasteiger partial charge in [-0.25, -0.2) is 12.4 Å². The average Bonchev–Trinajstić information content (AvgIpc) is 3.32. The van der Waals surface area contributed by atoms with Crippen LogP contribution in [0.3, 0.4) is 0 Å². The number of pyridine rings is 1. The van der Waals surface area contributed by atoms with Gasteiger partial charge < -0.3 is 15.0 Å². The van der Waals surface area contributed by atoms with Crippen molar-refractivity contribution in [1.82, 2.24) is 13.9 Å². The Balaban J connectivity index is 1.58. The molecule has 0 saturated carbocycles. The molecule has 1 saturated heterocycles. The Hall–Kier alpha value is -2.91. The number of rotatable bonds is 4. The lowest BCUT2D eigenvalue weighted by atomic mass is 10.1. The third-order valence-corrected chi connectivity index (χ3v) is 7.54. The monoisotopic (exact) mass is 426 g/mol. The zero-order valence-electron chi connectivity index (χ0n) is 16.5. The van der Waals surface area contributed by atoms with Crippen LogP contribution in [-0.4, -0.2) is 54.4 Å². The molecule has 1 fully saturated rings. The van der Waals surface area contributed by atoms with Gasteiger partial charge in [0, 0.05) is 24.5 Å². The molecule has 1 atom stereocenters. The molecule has 1 N–H and O–H groups in total. The number of likely N-dealkylation sites (N-methyl/N-ethyl adjacent to an activating group) is 1. The third kappa shape index (κ3) is 3.14. The zero-order valence-corrected chi connectivity index (χ0v) is 17.4. The van der Waals surface area contributed by atoms with E-state index in [1.165, 1.54) is 16.1 Å². The molecule has 8 nitrogen and oxygen atoms in total. The van der Waals surface area contributed by atoms with Crippen molar-refractivity contribution in [2.45, 2.75) is 30.2 Å². The van der Waals surface area contributed by atoms with E-state index in [0.29, 0.717) is 28.5 Å². The van der Waals surface area contributed by atoms with Gasteiger partial charge in [-0.15, -0.1) is 0 Å². The van der Waals surface area contributed by atoms with Gasteiger partial charge in [0.05, 0.1) is 21.6 Å². The van der Waals surface area contributed by atoms with Crippen molar-refractivity contribution in [3.8, 4) is 5.75 Å². The van der Waals surface area contributed by atoms with E-state index in [9.17, 15) is 13.2 Å². The van der Waals surface area contributed by atoms with Gasteiger partial charge in [0.15, 0.2) is 6.61 Å². The van der Waals surface area contributed by atoms with Gasteiger partial charge in [-0.05, 0) is 62.7 Å². The van der Waals surface area contributed by atoms with E-state index < -0.39 is 10.0 Å². The van der Waals surface area contributed by atoms with Crippen molar-refractivity contribution < 1.29 is 17.9 Å². The largest absolute Gasteiger partial charge is 0.482 e. The summed E-state index contributed by atoms with van der Waals surface area (Å²) in [7, 11) is -1.76. The van der Waals surface area contributed by atoms with Crippen LogP contribution in [0.4, 0.5) is 5.69 Å². The maximum absolute atomic E-state index is 13.5. The minimum absolute atomic E-state index is 0.0997. The van der Waals surface area contributed by atoms with E-state index in [2.05, 4.69) is 22.2 Å². The van der Waals surface area contributed by atoms with Crippen LogP contribution >= 0.6 is 0 Å². The summed E-state index contributed by atoms with van der Waals surface area (Å²) in [5.41, 5.74) is 2.66. The highest BCUT2D eigenvalue weighted by atomic mass is 32.2. The highest BCUT2D eigenvalue weighted by Crippen LogP contribution is 2.33. The fourth-order valence-electron chi connectivity index (χ4n) is 4.26. The second kappa shape index (κ2) is 7.10. The lowest BCUT2D eigenvalue weighted by molar-refractivity contribution is -0.118. The van der Waals surface area contributed by atoms with Crippen molar-refractivity contribution in [2.75, 3.05) is 25.5 Å². The first-order chi connectivity index (χ1) is 14.4. The predicted molar refractivity (Wildman–Crippen MR) is 112 cm³/mol. The standard InChI is InChI=1S/C21H22N4O4S/c1-24-9-3-4-15(24)10-14-12-25(18-5-2-8-22-21(14)18)30(27,28)16-6-7-17-19(11-16)29-13-20(26)23-17/h2,5-8,11-12,15H,3-4,9-10,13H2,1H3,(H,23,26)/t15-/m1/s1. The van der Waals surface area contributed by atoms with E-state index in [0.717, 1.165) is 31.4 Å². The first-order valence-electron chi connectivity index (χ1n) is 9.91. The van der Waals surface area contributed by atoms with Crippen LogP contribution in [-0.2, 0) is 21.2 Å². The quantitative estimate of drug-likeness (QED) is 0.688. The first kappa shape index (κ1) is 19.1. The highest BCUT2D eigenvalue weighted by Gasteiger charge is 2.27. The molecule has 2 aliphatic heterocycles. The second-order valence-corrected chi connectivity index (χ2v) is 9.62. The van der Waals surface area contributed by atoms with Gasteiger partial charge in [-0.2, -0.15) is 0 Å². The molecule has 2 aliphatic rings. The molecule has 3 aromatic rings. The lowest BCUT2D eigenvalue weighted by Crippen LogP contribution is -2.26. The number of benzene rings is 1. The number of aromatic nitrogens is 2. The molecule has 0 unspecified atom stereocenters. The van der Waals surface area contributed by atoms with E-state index in [1.54, 1.807) is 30.6 Å². The number of carbonyl (C=O) groups excluding carboxylic acids is 1. The molecule has 0 aliphatic carbocycles. The molecule has 1 aromatic carbocycles. The van der Waals surface area contributed by atoms with Gasteiger partial charge in [-0.3, -0.25) is 9.78 Å².